The summed E-state index contributed by atoms with van der Waals surface area (Å²) in [7, 11) is 2.01. The lowest BCUT2D eigenvalue weighted by atomic mass is 10.2. The molecule has 3 heteroatoms. The highest BCUT2D eigenvalue weighted by Gasteiger charge is 2.10. The molecule has 2 rings (SSSR count). The average Bonchev–Trinajstić information content (AvgIpc) is 2.55. The molecule has 3 nitrogen and oxygen atoms in total. The fourth-order valence-corrected chi connectivity index (χ4v) is 1.80. The Bertz CT molecular complexity index is 544. The van der Waals surface area contributed by atoms with Crippen LogP contribution in [0.4, 0.5) is 0 Å². The largest absolute Gasteiger partial charge is 0.331 e. The van der Waals surface area contributed by atoms with E-state index >= 15 is 0 Å². The Morgan fingerprint density at radius 3 is 2.73 bits per heavy atom. The molecule has 76 valence electrons. The number of nitrogens with zero attached hydrogens (tertiary/aromatic N) is 3. The highest BCUT2D eigenvalue weighted by molar-refractivity contribution is 5.77. The van der Waals surface area contributed by atoms with E-state index in [1.54, 1.807) is 0 Å². The van der Waals surface area contributed by atoms with Gasteiger partial charge in [0.25, 0.3) is 0 Å². The lowest BCUT2D eigenvalue weighted by Gasteiger charge is -2.04. The second-order valence-corrected chi connectivity index (χ2v) is 4.00. The first-order chi connectivity index (χ1) is 7.13. The number of fused-ring (bicyclic) bond motifs is 1. The number of benzene rings is 1. The van der Waals surface area contributed by atoms with Crippen molar-refractivity contribution in [2.24, 2.45) is 7.05 Å². The number of hydrogen-bond donors (Lipinski definition) is 0. The van der Waals surface area contributed by atoms with E-state index in [9.17, 15) is 0 Å². The predicted molar refractivity (Wildman–Crippen MR) is 59.5 cm³/mol. The zero-order chi connectivity index (χ0) is 11.0. The number of nitriles is 1. The molecule has 15 heavy (non-hydrogen) atoms. The van der Waals surface area contributed by atoms with Crippen LogP contribution in [0.3, 0.4) is 0 Å². The van der Waals surface area contributed by atoms with Crippen molar-refractivity contribution < 1.29 is 0 Å². The van der Waals surface area contributed by atoms with Crippen molar-refractivity contribution in [1.82, 2.24) is 9.55 Å². The molecule has 0 saturated heterocycles. The van der Waals surface area contributed by atoms with Crippen LogP contribution in [0.2, 0.25) is 0 Å². The normalized spacial score (nSPS) is 10.9. The number of imidazole rings is 1. The van der Waals surface area contributed by atoms with E-state index in [2.05, 4.69) is 29.5 Å². The van der Waals surface area contributed by atoms with Crippen molar-refractivity contribution >= 4 is 11.0 Å². The molecule has 0 saturated carbocycles. The van der Waals surface area contributed by atoms with Crippen LogP contribution in [-0.4, -0.2) is 9.55 Å². The minimum atomic E-state index is 0.396. The zero-order valence-electron chi connectivity index (χ0n) is 9.15. The van der Waals surface area contributed by atoms with E-state index in [0.717, 1.165) is 16.9 Å². The molecule has 0 radical (unpaired) electrons. The van der Waals surface area contributed by atoms with Gasteiger partial charge < -0.3 is 4.57 Å². The van der Waals surface area contributed by atoms with Gasteiger partial charge in [0, 0.05) is 13.0 Å². The van der Waals surface area contributed by atoms with Crippen molar-refractivity contribution in [3.63, 3.8) is 0 Å². The van der Waals surface area contributed by atoms with Gasteiger partial charge in [0.1, 0.15) is 5.82 Å². The molecule has 0 unspecified atom stereocenters. The molecule has 1 heterocycles. The van der Waals surface area contributed by atoms with E-state index in [1.807, 2.05) is 25.2 Å². The predicted octanol–water partition coefficient (Wildman–Crippen LogP) is 2.57. The Kier molecular flexibility index (Phi) is 2.20. The average molecular weight is 199 g/mol. The monoisotopic (exact) mass is 199 g/mol. The SMILES string of the molecule is CC(C)c1nc2cc(C#N)ccc2n1C. The topological polar surface area (TPSA) is 41.6 Å². The van der Waals surface area contributed by atoms with Crippen LogP contribution in [0.5, 0.6) is 0 Å². The van der Waals surface area contributed by atoms with Gasteiger partial charge >= 0.3 is 0 Å². The summed E-state index contributed by atoms with van der Waals surface area (Å²) in [6, 6.07) is 7.74. The van der Waals surface area contributed by atoms with E-state index in [0.29, 0.717) is 11.5 Å². The molecule has 0 aliphatic heterocycles. The summed E-state index contributed by atoms with van der Waals surface area (Å²) in [5.41, 5.74) is 2.65. The van der Waals surface area contributed by atoms with Gasteiger partial charge in [-0.2, -0.15) is 5.26 Å². The van der Waals surface area contributed by atoms with E-state index in [-0.39, 0.29) is 0 Å². The van der Waals surface area contributed by atoms with Crippen LogP contribution in [0, 0.1) is 11.3 Å². The molecule has 1 aromatic carbocycles. The molecule has 0 aliphatic rings. The molecule has 0 amide bonds. The van der Waals surface area contributed by atoms with Crippen LogP contribution in [0.25, 0.3) is 11.0 Å². The lowest BCUT2D eigenvalue weighted by molar-refractivity contribution is 0.722. The summed E-state index contributed by atoms with van der Waals surface area (Å²) in [4.78, 5) is 4.53. The molecular weight excluding hydrogens is 186 g/mol. The maximum absolute atomic E-state index is 8.80. The van der Waals surface area contributed by atoms with Crippen molar-refractivity contribution in [1.29, 1.82) is 5.26 Å². The lowest BCUT2D eigenvalue weighted by Crippen LogP contribution is -1.99. The van der Waals surface area contributed by atoms with Gasteiger partial charge in [-0.3, -0.25) is 0 Å². The number of aryl methyl sites for hydroxylation is 1. The zero-order valence-corrected chi connectivity index (χ0v) is 9.15. The third-order valence-electron chi connectivity index (χ3n) is 2.56. The molecule has 1 aromatic heterocycles. The molecule has 0 N–H and O–H groups in total. The molecule has 0 spiro atoms. The summed E-state index contributed by atoms with van der Waals surface area (Å²) in [6.07, 6.45) is 0. The van der Waals surface area contributed by atoms with Crippen LogP contribution < -0.4 is 0 Å². The molecule has 0 bridgehead atoms. The molecular formula is C12H13N3. The van der Waals surface area contributed by atoms with Crippen LogP contribution in [0.15, 0.2) is 18.2 Å². The maximum Gasteiger partial charge on any atom is 0.112 e. The quantitative estimate of drug-likeness (QED) is 0.708. The van der Waals surface area contributed by atoms with Gasteiger partial charge in [-0.1, -0.05) is 13.8 Å². The van der Waals surface area contributed by atoms with E-state index < -0.39 is 0 Å². The Morgan fingerprint density at radius 2 is 2.13 bits per heavy atom. The van der Waals surface area contributed by atoms with Crippen molar-refractivity contribution in [2.75, 3.05) is 0 Å². The maximum atomic E-state index is 8.80. The molecule has 0 fully saturated rings. The smallest absolute Gasteiger partial charge is 0.112 e. The summed E-state index contributed by atoms with van der Waals surface area (Å²) < 4.78 is 2.08. The Hall–Kier alpha value is -1.82. The Labute approximate surface area is 89.0 Å². The Balaban J connectivity index is 2.72. The fraction of sp³-hybridized carbons (Fsp3) is 0.333. The first-order valence-corrected chi connectivity index (χ1v) is 5.00. The highest BCUT2D eigenvalue weighted by Crippen LogP contribution is 2.21. The fourth-order valence-electron chi connectivity index (χ4n) is 1.80. The third kappa shape index (κ3) is 1.48. The summed E-state index contributed by atoms with van der Waals surface area (Å²) in [5.74, 6) is 1.45. The number of aromatic nitrogens is 2. The first-order valence-electron chi connectivity index (χ1n) is 5.00. The Morgan fingerprint density at radius 1 is 1.40 bits per heavy atom. The summed E-state index contributed by atoms with van der Waals surface area (Å²) >= 11 is 0. The second-order valence-electron chi connectivity index (χ2n) is 4.00. The third-order valence-corrected chi connectivity index (χ3v) is 2.56. The van der Waals surface area contributed by atoms with Crippen molar-refractivity contribution in [3.8, 4) is 6.07 Å². The summed E-state index contributed by atoms with van der Waals surface area (Å²) in [5, 5.41) is 8.80. The van der Waals surface area contributed by atoms with Gasteiger partial charge in [-0.25, -0.2) is 4.98 Å². The van der Waals surface area contributed by atoms with Crippen LogP contribution in [-0.2, 0) is 7.05 Å². The second kappa shape index (κ2) is 3.39. The molecule has 2 aromatic rings. The molecule has 0 atom stereocenters. The van der Waals surface area contributed by atoms with Gasteiger partial charge in [-0.15, -0.1) is 0 Å². The first kappa shape index (κ1) is 9.72. The standard InChI is InChI=1S/C12H13N3/c1-8(2)12-14-10-6-9(7-13)4-5-11(10)15(12)3/h4-6,8H,1-3H3. The van der Waals surface area contributed by atoms with E-state index in [1.165, 1.54) is 0 Å². The van der Waals surface area contributed by atoms with Crippen LogP contribution in [0.1, 0.15) is 31.2 Å². The van der Waals surface area contributed by atoms with Crippen molar-refractivity contribution in [2.45, 2.75) is 19.8 Å². The van der Waals surface area contributed by atoms with E-state index in [4.69, 9.17) is 5.26 Å². The minimum Gasteiger partial charge on any atom is -0.331 e. The number of hydrogen-bond acceptors (Lipinski definition) is 2. The molecule has 0 aliphatic carbocycles. The van der Waals surface area contributed by atoms with Gasteiger partial charge in [0.05, 0.1) is 22.7 Å². The van der Waals surface area contributed by atoms with Gasteiger partial charge in [0.15, 0.2) is 0 Å². The van der Waals surface area contributed by atoms with Crippen LogP contribution >= 0.6 is 0 Å². The summed E-state index contributed by atoms with van der Waals surface area (Å²) in [6.45, 7) is 4.23. The number of rotatable bonds is 1. The minimum absolute atomic E-state index is 0.396. The van der Waals surface area contributed by atoms with Gasteiger partial charge in [0.2, 0.25) is 0 Å². The highest BCUT2D eigenvalue weighted by atomic mass is 15.1. The van der Waals surface area contributed by atoms with Gasteiger partial charge in [-0.05, 0) is 18.2 Å². The van der Waals surface area contributed by atoms with Crippen molar-refractivity contribution in [3.05, 3.63) is 29.6 Å².